The van der Waals surface area contributed by atoms with Crippen molar-refractivity contribution in [1.82, 2.24) is 0 Å². The van der Waals surface area contributed by atoms with Crippen molar-refractivity contribution < 1.29 is 47.3 Å². The van der Waals surface area contributed by atoms with Crippen molar-refractivity contribution in [3.05, 3.63) is 60.7 Å². The van der Waals surface area contributed by atoms with Crippen LogP contribution in [0.1, 0.15) is 104 Å². The van der Waals surface area contributed by atoms with E-state index >= 15 is 0 Å². The van der Waals surface area contributed by atoms with Crippen molar-refractivity contribution in [3.8, 4) is 0 Å². The van der Waals surface area contributed by atoms with Gasteiger partial charge in [-0.05, 0) is 98.5 Å². The van der Waals surface area contributed by atoms with Gasteiger partial charge in [-0.1, -0.05) is 81.4 Å². The summed E-state index contributed by atoms with van der Waals surface area (Å²) in [6.07, 6.45) is -6.99. The summed E-state index contributed by atoms with van der Waals surface area (Å²) < 4.78 is 38.3. The van der Waals surface area contributed by atoms with Crippen molar-refractivity contribution in [1.29, 1.82) is 0 Å². The molecular weight excluding hydrogens is 693 g/mol. The summed E-state index contributed by atoms with van der Waals surface area (Å²) in [7, 11) is -3.20. The van der Waals surface area contributed by atoms with E-state index in [0.29, 0.717) is 0 Å². The Bertz CT molecular complexity index is 1530. The zero-order chi connectivity index (χ0) is 40.4. The SMILES string of the molecule is CC(C)(C)C(=O)OC1[C@@H](OC(=O)C(C)(C)C)OC(CO[Si](c2ccccc2)(c2ccccc2)C(C)(C)C)[C@@H](OC(=O)C(C)(C)C)[C@H]1OC(=O)C(C)(C)C. The van der Waals surface area contributed by atoms with E-state index < -0.39 is 89.6 Å². The molecule has 1 heterocycles. The standard InChI is InChI=1S/C42H62O10Si/c1-38(2,3)34(43)49-30-29(26-47-53(42(13,14)15,27-22-18-16-19-23-27)28-24-20-17-21-25-28)48-33(52-37(46)41(10,11)12)32(51-36(45)40(7,8)9)31(30)50-35(44)39(4,5)6/h16-25,29-33H,26H2,1-15H3/t29?,30-,31-,32?,33-/m1/s1. The Morgan fingerprint density at radius 3 is 1.21 bits per heavy atom. The first-order valence-electron chi connectivity index (χ1n) is 18.4. The van der Waals surface area contributed by atoms with Crippen LogP contribution in [0.3, 0.4) is 0 Å². The molecule has 2 unspecified atom stereocenters. The molecule has 0 N–H and O–H groups in total. The molecule has 1 aliphatic heterocycles. The lowest BCUT2D eigenvalue weighted by Gasteiger charge is -2.48. The number of rotatable bonds is 9. The summed E-state index contributed by atoms with van der Waals surface area (Å²) in [5, 5.41) is 1.57. The highest BCUT2D eigenvalue weighted by Crippen LogP contribution is 2.39. The first kappa shape index (κ1) is 43.9. The van der Waals surface area contributed by atoms with Crippen molar-refractivity contribution >= 4 is 42.6 Å². The third-order valence-corrected chi connectivity index (χ3v) is 13.9. The van der Waals surface area contributed by atoms with Crippen LogP contribution in [0.2, 0.25) is 5.04 Å². The number of carbonyl (C=O) groups is 4. The van der Waals surface area contributed by atoms with Gasteiger partial charge in [-0.2, -0.15) is 0 Å². The van der Waals surface area contributed by atoms with Crippen LogP contribution in [0.5, 0.6) is 0 Å². The van der Waals surface area contributed by atoms with Crippen molar-refractivity contribution in [2.45, 2.75) is 140 Å². The Hall–Kier alpha value is -3.54. The van der Waals surface area contributed by atoms with E-state index in [9.17, 15) is 19.2 Å². The van der Waals surface area contributed by atoms with E-state index in [-0.39, 0.29) is 6.61 Å². The zero-order valence-corrected chi connectivity index (χ0v) is 35.4. The highest BCUT2D eigenvalue weighted by molar-refractivity contribution is 6.99. The van der Waals surface area contributed by atoms with E-state index in [2.05, 4.69) is 20.8 Å². The number of hydrogen-bond acceptors (Lipinski definition) is 10. The Morgan fingerprint density at radius 1 is 0.509 bits per heavy atom. The summed E-state index contributed by atoms with van der Waals surface area (Å²) in [6, 6.07) is 20.0. The number of ether oxygens (including phenoxy) is 5. The number of carbonyl (C=O) groups excluding carboxylic acids is 4. The molecule has 0 aromatic heterocycles. The molecule has 1 saturated heterocycles. The lowest BCUT2D eigenvalue weighted by Crippen LogP contribution is -2.69. The molecule has 3 rings (SSSR count). The lowest BCUT2D eigenvalue weighted by atomic mass is 9.93. The van der Waals surface area contributed by atoms with Crippen LogP contribution in [0.15, 0.2) is 60.7 Å². The summed E-state index contributed by atoms with van der Waals surface area (Å²) in [5.74, 6) is -2.56. The monoisotopic (exact) mass is 754 g/mol. The Balaban J connectivity index is 2.31. The van der Waals surface area contributed by atoms with Gasteiger partial charge in [0.05, 0.1) is 28.3 Å². The van der Waals surface area contributed by atoms with Crippen molar-refractivity contribution in [2.75, 3.05) is 6.61 Å². The van der Waals surface area contributed by atoms with E-state index in [4.69, 9.17) is 28.1 Å². The average molecular weight is 755 g/mol. The molecule has 2 aromatic rings. The maximum absolute atomic E-state index is 13.7. The minimum Gasteiger partial charge on any atom is -0.455 e. The topological polar surface area (TPSA) is 124 Å². The van der Waals surface area contributed by atoms with Crippen LogP contribution in [-0.4, -0.2) is 69.5 Å². The number of benzene rings is 2. The second-order valence-corrected chi connectivity index (χ2v) is 23.3. The fourth-order valence-electron chi connectivity index (χ4n) is 5.66. The zero-order valence-electron chi connectivity index (χ0n) is 34.4. The molecule has 0 bridgehead atoms. The molecule has 2 aromatic carbocycles. The van der Waals surface area contributed by atoms with Gasteiger partial charge in [0.15, 0.2) is 12.2 Å². The molecule has 1 aliphatic rings. The smallest absolute Gasteiger partial charge is 0.313 e. The van der Waals surface area contributed by atoms with Gasteiger partial charge < -0.3 is 28.1 Å². The maximum atomic E-state index is 13.7. The molecule has 294 valence electrons. The summed E-state index contributed by atoms with van der Waals surface area (Å²) >= 11 is 0. The predicted octanol–water partition coefficient (Wildman–Crippen LogP) is 6.75. The minimum absolute atomic E-state index is 0.164. The van der Waals surface area contributed by atoms with Gasteiger partial charge in [0.25, 0.3) is 8.32 Å². The quantitative estimate of drug-likeness (QED) is 0.154. The second-order valence-electron chi connectivity index (χ2n) is 19.0. The Kier molecular flexibility index (Phi) is 13.3. The molecule has 5 atom stereocenters. The van der Waals surface area contributed by atoms with Gasteiger partial charge in [0.1, 0.15) is 6.10 Å². The van der Waals surface area contributed by atoms with E-state index in [1.54, 1.807) is 83.1 Å². The van der Waals surface area contributed by atoms with Crippen LogP contribution < -0.4 is 10.4 Å². The van der Waals surface area contributed by atoms with Gasteiger partial charge in [0, 0.05) is 0 Å². The summed E-state index contributed by atoms with van der Waals surface area (Å²) in [4.78, 5) is 54.5. The van der Waals surface area contributed by atoms with E-state index in [1.165, 1.54) is 0 Å². The number of esters is 4. The highest BCUT2D eigenvalue weighted by Gasteiger charge is 2.58. The van der Waals surface area contributed by atoms with Gasteiger partial charge in [0.2, 0.25) is 12.4 Å². The molecule has 10 nitrogen and oxygen atoms in total. The van der Waals surface area contributed by atoms with E-state index in [0.717, 1.165) is 10.4 Å². The Labute approximate surface area is 317 Å². The van der Waals surface area contributed by atoms with Crippen LogP contribution in [-0.2, 0) is 47.3 Å². The molecule has 0 spiro atoms. The van der Waals surface area contributed by atoms with Crippen LogP contribution >= 0.6 is 0 Å². The van der Waals surface area contributed by atoms with Crippen LogP contribution in [0.4, 0.5) is 0 Å². The average Bonchev–Trinajstić information content (AvgIpc) is 3.02. The van der Waals surface area contributed by atoms with E-state index in [1.807, 2.05) is 60.7 Å². The third-order valence-electron chi connectivity index (χ3n) is 8.87. The van der Waals surface area contributed by atoms with Gasteiger partial charge in [-0.25, -0.2) is 0 Å². The van der Waals surface area contributed by atoms with Gasteiger partial charge in [-0.3, -0.25) is 19.2 Å². The molecule has 1 fully saturated rings. The molecule has 0 aliphatic carbocycles. The minimum atomic E-state index is -3.20. The highest BCUT2D eigenvalue weighted by atomic mass is 28.4. The largest absolute Gasteiger partial charge is 0.455 e. The van der Waals surface area contributed by atoms with Gasteiger partial charge >= 0.3 is 23.9 Å². The summed E-state index contributed by atoms with van der Waals surface area (Å²) in [6.45, 7) is 26.4. The fraction of sp³-hybridized carbons (Fsp3) is 0.619. The first-order valence-corrected chi connectivity index (χ1v) is 20.3. The molecular formula is C42H62O10Si. The first-order chi connectivity index (χ1) is 24.1. The lowest BCUT2D eigenvalue weighted by molar-refractivity contribution is -0.305. The summed E-state index contributed by atoms with van der Waals surface area (Å²) in [5.41, 5.74) is -3.96. The van der Waals surface area contributed by atoms with Crippen LogP contribution in [0.25, 0.3) is 0 Å². The van der Waals surface area contributed by atoms with Crippen molar-refractivity contribution in [3.63, 3.8) is 0 Å². The molecule has 0 radical (unpaired) electrons. The third kappa shape index (κ3) is 10.6. The molecule has 53 heavy (non-hydrogen) atoms. The maximum Gasteiger partial charge on any atom is 0.313 e. The normalized spacial score (nSPS) is 21.7. The second kappa shape index (κ2) is 16.1. The van der Waals surface area contributed by atoms with Gasteiger partial charge in [-0.15, -0.1) is 0 Å². The molecule has 0 amide bonds. The fourth-order valence-corrected chi connectivity index (χ4v) is 10.2. The molecule has 0 saturated carbocycles. The predicted molar refractivity (Wildman–Crippen MR) is 206 cm³/mol. The molecule has 11 heteroatoms. The van der Waals surface area contributed by atoms with Crippen LogP contribution in [0, 0.1) is 21.7 Å². The Morgan fingerprint density at radius 2 is 0.849 bits per heavy atom. The van der Waals surface area contributed by atoms with Crippen molar-refractivity contribution in [2.24, 2.45) is 21.7 Å². The number of hydrogen-bond donors (Lipinski definition) is 0.